The lowest BCUT2D eigenvalue weighted by atomic mass is 10.1. The van der Waals surface area contributed by atoms with Crippen LogP contribution in [0.1, 0.15) is 34.0 Å². The van der Waals surface area contributed by atoms with Gasteiger partial charge in [0.1, 0.15) is 11.4 Å². The molecule has 0 aliphatic rings. The molecule has 1 amide bonds. The van der Waals surface area contributed by atoms with Crippen LogP contribution in [0.15, 0.2) is 103 Å². The molecule has 182 valence electrons. The van der Waals surface area contributed by atoms with E-state index in [0.717, 1.165) is 28.5 Å². The number of nitrogens with zero attached hydrogens (tertiary/aromatic N) is 1. The Bertz CT molecular complexity index is 1310. The lowest BCUT2D eigenvalue weighted by Crippen LogP contribution is -2.71. The molecule has 2 N–H and O–H groups in total. The van der Waals surface area contributed by atoms with E-state index in [9.17, 15) is 4.79 Å². The Hall–Kier alpha value is -4.18. The van der Waals surface area contributed by atoms with Gasteiger partial charge in [-0.1, -0.05) is 71.3 Å². The van der Waals surface area contributed by atoms with Crippen LogP contribution in [0.2, 0.25) is 0 Å². The molecule has 0 aromatic heterocycles. The summed E-state index contributed by atoms with van der Waals surface area (Å²) < 4.78 is 0. The first-order chi connectivity index (χ1) is 17.4. The van der Waals surface area contributed by atoms with Gasteiger partial charge < -0.3 is 4.90 Å². The molecule has 0 heterocycles. The smallest absolute Gasteiger partial charge is 0.258 e. The minimum absolute atomic E-state index is 0.0124. The summed E-state index contributed by atoms with van der Waals surface area (Å²) in [4.78, 5) is 19.1. The predicted octanol–water partition coefficient (Wildman–Crippen LogP) is 5.82. The molecule has 4 aromatic carbocycles. The zero-order chi connectivity index (χ0) is 25.5. The number of carbonyl (C=O) groups is 1. The van der Waals surface area contributed by atoms with Crippen molar-refractivity contribution in [3.63, 3.8) is 0 Å². The maximum Gasteiger partial charge on any atom is 0.258 e. The van der Waals surface area contributed by atoms with Crippen molar-refractivity contribution in [2.45, 2.75) is 27.7 Å². The van der Waals surface area contributed by atoms with Crippen LogP contribution < -0.4 is 15.2 Å². The molecule has 1 unspecified atom stereocenters. The summed E-state index contributed by atoms with van der Waals surface area (Å²) in [5.41, 5.74) is 7.13. The number of rotatable bonds is 7. The Morgan fingerprint density at radius 3 is 1.86 bits per heavy atom. The summed E-state index contributed by atoms with van der Waals surface area (Å²) in [6.07, 6.45) is 0. The zero-order valence-corrected chi connectivity index (χ0v) is 21.5. The van der Waals surface area contributed by atoms with Crippen molar-refractivity contribution in [1.82, 2.24) is 0 Å². The van der Waals surface area contributed by atoms with Gasteiger partial charge in [0, 0.05) is 17.8 Å². The third-order valence-electron chi connectivity index (χ3n) is 6.22. The molecule has 0 radical (unpaired) electrons. The largest absolute Gasteiger partial charge is 0.307 e. The quantitative estimate of drug-likeness (QED) is 0.261. The van der Waals surface area contributed by atoms with Crippen molar-refractivity contribution in [2.24, 2.45) is 5.92 Å². The summed E-state index contributed by atoms with van der Waals surface area (Å²) in [5, 5.41) is 3.58. The van der Waals surface area contributed by atoms with Crippen LogP contribution in [0.25, 0.3) is 0 Å². The Kier molecular flexibility index (Phi) is 7.96. The van der Waals surface area contributed by atoms with Crippen molar-refractivity contribution in [3.05, 3.63) is 125 Å². The molecule has 0 saturated heterocycles. The van der Waals surface area contributed by atoms with Gasteiger partial charge in [0.05, 0.1) is 5.92 Å². The van der Waals surface area contributed by atoms with E-state index >= 15 is 0 Å². The predicted molar refractivity (Wildman–Crippen MR) is 150 cm³/mol. The van der Waals surface area contributed by atoms with E-state index in [1.807, 2.05) is 59.5 Å². The van der Waals surface area contributed by atoms with Crippen molar-refractivity contribution >= 4 is 28.8 Å². The Balaban J connectivity index is 1.68. The number of nitrogens with one attached hydrogen (secondary N) is 2. The summed E-state index contributed by atoms with van der Waals surface area (Å²) in [6, 6.07) is 34.3. The van der Waals surface area contributed by atoms with Crippen LogP contribution in [0.5, 0.6) is 0 Å². The topological polar surface area (TPSA) is 46.3 Å². The zero-order valence-electron chi connectivity index (χ0n) is 21.5. The van der Waals surface area contributed by atoms with Crippen LogP contribution in [-0.2, 0) is 0 Å². The molecule has 0 aliphatic carbocycles. The number of carbonyl (C=O) groups excluding carboxylic acids is 1. The molecule has 36 heavy (non-hydrogen) atoms. The van der Waals surface area contributed by atoms with Gasteiger partial charge in [-0.15, -0.1) is 0 Å². The maximum atomic E-state index is 13.7. The van der Waals surface area contributed by atoms with E-state index in [1.54, 1.807) is 0 Å². The van der Waals surface area contributed by atoms with Gasteiger partial charge in [-0.3, -0.25) is 4.79 Å². The fraction of sp³-hybridized carbons (Fsp3) is 0.188. The molecule has 0 spiro atoms. The third-order valence-corrected chi connectivity index (χ3v) is 6.22. The highest BCUT2D eigenvalue weighted by Gasteiger charge is 2.26. The molecule has 4 heteroatoms. The second-order valence-corrected chi connectivity index (χ2v) is 9.41. The Morgan fingerprint density at radius 1 is 0.750 bits per heavy atom. The lowest BCUT2D eigenvalue weighted by molar-refractivity contribution is -0.357. The SMILES string of the molecule is Cc1ccc(NC(=[NH+]c2ccc(C)cc2)C(C)CN(C(=O)c2ccccc2)c2ccc(C)cc2)cc1. The van der Waals surface area contributed by atoms with Gasteiger partial charge in [-0.25, -0.2) is 10.3 Å². The number of benzene rings is 4. The number of hydrogen-bond acceptors (Lipinski definition) is 1. The number of anilines is 2. The van der Waals surface area contributed by atoms with Gasteiger partial charge in [-0.2, -0.15) is 0 Å². The molecule has 0 aliphatic heterocycles. The molecule has 4 nitrogen and oxygen atoms in total. The minimum Gasteiger partial charge on any atom is -0.307 e. The fourth-order valence-corrected chi connectivity index (χ4v) is 3.99. The summed E-state index contributed by atoms with van der Waals surface area (Å²) in [5.74, 6) is 0.901. The third kappa shape index (κ3) is 6.48. The molecule has 4 aromatic rings. The standard InChI is InChI=1S/C32H33N3O/c1-23-10-16-28(17-11-23)33-31(34-29-18-12-24(2)13-19-29)26(4)22-35(30-20-14-25(3)15-21-30)32(36)27-8-6-5-7-9-27/h5-21,26H,22H2,1-4H3,(H,33,34)/p+1. The summed E-state index contributed by atoms with van der Waals surface area (Å²) in [6.45, 7) is 8.85. The van der Waals surface area contributed by atoms with E-state index in [0.29, 0.717) is 12.1 Å². The molecule has 4 rings (SSSR count). The molecule has 0 fully saturated rings. The van der Waals surface area contributed by atoms with Gasteiger partial charge >= 0.3 is 0 Å². The molecule has 0 bridgehead atoms. The number of amides is 1. The Labute approximate surface area is 214 Å². The van der Waals surface area contributed by atoms with E-state index in [4.69, 9.17) is 0 Å². The molecular formula is C32H34N3O+. The van der Waals surface area contributed by atoms with Crippen LogP contribution in [0, 0.1) is 26.7 Å². The van der Waals surface area contributed by atoms with Gasteiger partial charge in [0.15, 0.2) is 0 Å². The van der Waals surface area contributed by atoms with Crippen molar-refractivity contribution < 1.29 is 9.79 Å². The number of amidine groups is 1. The lowest BCUT2D eigenvalue weighted by Gasteiger charge is -2.26. The van der Waals surface area contributed by atoms with Gasteiger partial charge in [0.25, 0.3) is 11.7 Å². The van der Waals surface area contributed by atoms with Crippen LogP contribution in [0.4, 0.5) is 17.1 Å². The van der Waals surface area contributed by atoms with E-state index in [2.05, 4.69) is 86.5 Å². The van der Waals surface area contributed by atoms with E-state index < -0.39 is 0 Å². The van der Waals surface area contributed by atoms with Crippen molar-refractivity contribution in [3.8, 4) is 0 Å². The average Bonchev–Trinajstić information content (AvgIpc) is 2.90. The normalized spacial score (nSPS) is 12.2. The second kappa shape index (κ2) is 11.5. The maximum absolute atomic E-state index is 13.7. The van der Waals surface area contributed by atoms with Gasteiger partial charge in [0.2, 0.25) is 0 Å². The van der Waals surface area contributed by atoms with Gasteiger partial charge in [-0.05, 0) is 76.2 Å². The highest BCUT2D eigenvalue weighted by molar-refractivity contribution is 6.06. The van der Waals surface area contributed by atoms with Crippen LogP contribution in [-0.4, -0.2) is 18.3 Å². The fourth-order valence-electron chi connectivity index (χ4n) is 3.99. The first kappa shape index (κ1) is 24.9. The van der Waals surface area contributed by atoms with E-state index in [1.165, 1.54) is 11.1 Å². The average molecular weight is 477 g/mol. The van der Waals surface area contributed by atoms with Crippen LogP contribution in [0.3, 0.4) is 0 Å². The Morgan fingerprint density at radius 2 is 1.28 bits per heavy atom. The second-order valence-electron chi connectivity index (χ2n) is 9.41. The first-order valence-corrected chi connectivity index (χ1v) is 12.4. The highest BCUT2D eigenvalue weighted by Crippen LogP contribution is 2.21. The molecular weight excluding hydrogens is 442 g/mol. The van der Waals surface area contributed by atoms with Crippen molar-refractivity contribution in [1.29, 1.82) is 0 Å². The van der Waals surface area contributed by atoms with E-state index in [-0.39, 0.29) is 11.8 Å². The first-order valence-electron chi connectivity index (χ1n) is 12.4. The molecule has 0 saturated carbocycles. The summed E-state index contributed by atoms with van der Waals surface area (Å²) >= 11 is 0. The summed E-state index contributed by atoms with van der Waals surface area (Å²) in [7, 11) is 0. The molecule has 1 atom stereocenters. The highest BCUT2D eigenvalue weighted by atomic mass is 16.2. The minimum atomic E-state index is -0.0173. The van der Waals surface area contributed by atoms with Crippen LogP contribution >= 0.6 is 0 Å². The monoisotopic (exact) mass is 476 g/mol. The van der Waals surface area contributed by atoms with Crippen molar-refractivity contribution in [2.75, 3.05) is 16.8 Å². The number of hydrogen-bond donors (Lipinski definition) is 2. The number of aryl methyl sites for hydroxylation is 3.